The Balaban J connectivity index is 0.00000128. The number of nitrogens with two attached hydrogens (primary N) is 1. The largest absolute Gasteiger partial charge is 0.330 e. The highest BCUT2D eigenvalue weighted by atomic mass is 35.5. The summed E-state index contributed by atoms with van der Waals surface area (Å²) in [7, 11) is 0. The number of fused-ring (bicyclic) bond motifs is 1. The van der Waals surface area contributed by atoms with Gasteiger partial charge in [-0.15, -0.1) is 19.0 Å². The van der Waals surface area contributed by atoms with Gasteiger partial charge in [0, 0.05) is 0 Å². The first-order valence-electron chi connectivity index (χ1n) is 5.67. The summed E-state index contributed by atoms with van der Waals surface area (Å²) in [5.41, 5.74) is 9.20. The van der Waals surface area contributed by atoms with Crippen LogP contribution in [0.3, 0.4) is 0 Å². The summed E-state index contributed by atoms with van der Waals surface area (Å²) in [6, 6.07) is 8.73. The van der Waals surface area contributed by atoms with E-state index in [0.717, 1.165) is 19.4 Å². The summed E-state index contributed by atoms with van der Waals surface area (Å²) in [5.74, 6) is 0. The molecule has 1 unspecified atom stereocenters. The van der Waals surface area contributed by atoms with Crippen molar-refractivity contribution in [2.75, 3.05) is 6.54 Å². The van der Waals surface area contributed by atoms with Crippen molar-refractivity contribution in [3.63, 3.8) is 0 Å². The van der Waals surface area contributed by atoms with Crippen LogP contribution < -0.4 is 5.73 Å². The summed E-state index contributed by atoms with van der Waals surface area (Å²) in [6.45, 7) is 4.62. The molecule has 0 saturated heterocycles. The van der Waals surface area contributed by atoms with Gasteiger partial charge in [0.15, 0.2) is 0 Å². The van der Waals surface area contributed by atoms with Gasteiger partial charge in [-0.25, -0.2) is 0 Å². The lowest BCUT2D eigenvalue weighted by molar-refractivity contribution is 0.259. The molecule has 2 N–H and O–H groups in total. The zero-order chi connectivity index (χ0) is 10.7. The Morgan fingerprint density at radius 1 is 1.31 bits per heavy atom. The lowest BCUT2D eigenvalue weighted by Gasteiger charge is -2.36. The van der Waals surface area contributed by atoms with Crippen LogP contribution in [0.5, 0.6) is 0 Å². The molecule has 0 saturated carbocycles. The third-order valence-electron chi connectivity index (χ3n) is 3.62. The minimum atomic E-state index is 0. The number of halogens is 1. The standard InChI is InChI=1S/C14H19N.ClH/c1-2-8-14(11-15)9-7-12-5-3-4-6-13(12)10-14;/h2-6H,1,7-11,15H2;1H. The lowest BCUT2D eigenvalue weighted by atomic mass is 9.69. The second-order valence-corrected chi connectivity index (χ2v) is 4.64. The first-order chi connectivity index (χ1) is 7.29. The van der Waals surface area contributed by atoms with Gasteiger partial charge in [0.1, 0.15) is 0 Å². The highest BCUT2D eigenvalue weighted by molar-refractivity contribution is 5.85. The van der Waals surface area contributed by atoms with Gasteiger partial charge in [-0.05, 0) is 48.8 Å². The summed E-state index contributed by atoms with van der Waals surface area (Å²) < 4.78 is 0. The Morgan fingerprint density at radius 2 is 2.00 bits per heavy atom. The number of hydrogen-bond acceptors (Lipinski definition) is 1. The molecule has 0 amide bonds. The van der Waals surface area contributed by atoms with Crippen LogP contribution in [0.2, 0.25) is 0 Å². The van der Waals surface area contributed by atoms with E-state index in [1.54, 1.807) is 0 Å². The van der Waals surface area contributed by atoms with Crippen LogP contribution in [-0.2, 0) is 12.8 Å². The molecule has 0 heterocycles. The Labute approximate surface area is 104 Å². The molecule has 1 atom stereocenters. The normalized spacial score (nSPS) is 23.1. The monoisotopic (exact) mass is 237 g/mol. The second kappa shape index (κ2) is 5.51. The smallest absolute Gasteiger partial charge is 0.00143 e. The van der Waals surface area contributed by atoms with Gasteiger partial charge < -0.3 is 5.73 Å². The van der Waals surface area contributed by atoms with Gasteiger partial charge in [-0.3, -0.25) is 0 Å². The van der Waals surface area contributed by atoms with Gasteiger partial charge in [0.2, 0.25) is 0 Å². The molecule has 1 aliphatic rings. The number of benzene rings is 1. The minimum Gasteiger partial charge on any atom is -0.330 e. The van der Waals surface area contributed by atoms with Crippen molar-refractivity contribution >= 4 is 12.4 Å². The summed E-state index contributed by atoms with van der Waals surface area (Å²) >= 11 is 0. The van der Waals surface area contributed by atoms with Crippen molar-refractivity contribution in [1.82, 2.24) is 0 Å². The molecule has 1 aromatic rings. The third kappa shape index (κ3) is 2.47. The van der Waals surface area contributed by atoms with Gasteiger partial charge >= 0.3 is 0 Å². The molecule has 0 spiro atoms. The zero-order valence-electron chi connectivity index (χ0n) is 9.61. The molecule has 1 aromatic carbocycles. The maximum Gasteiger partial charge on any atom is -0.00143 e. The molecule has 0 aromatic heterocycles. The van der Waals surface area contributed by atoms with Crippen molar-refractivity contribution in [3.8, 4) is 0 Å². The molecule has 16 heavy (non-hydrogen) atoms. The predicted octanol–water partition coefficient (Wildman–Crippen LogP) is 3.12. The third-order valence-corrected chi connectivity index (χ3v) is 3.62. The zero-order valence-corrected chi connectivity index (χ0v) is 10.4. The minimum absolute atomic E-state index is 0. The lowest BCUT2D eigenvalue weighted by Crippen LogP contribution is -2.35. The molecule has 0 radical (unpaired) electrons. The Morgan fingerprint density at radius 3 is 2.62 bits per heavy atom. The molecule has 2 heteroatoms. The molecule has 0 bridgehead atoms. The van der Waals surface area contributed by atoms with Crippen LogP contribution in [0.1, 0.15) is 24.0 Å². The van der Waals surface area contributed by atoms with Crippen LogP contribution in [0.4, 0.5) is 0 Å². The van der Waals surface area contributed by atoms with Crippen molar-refractivity contribution in [3.05, 3.63) is 48.0 Å². The SMILES string of the molecule is C=CCC1(CN)CCc2ccccc2C1.Cl. The van der Waals surface area contributed by atoms with Crippen molar-refractivity contribution in [1.29, 1.82) is 0 Å². The predicted molar refractivity (Wildman–Crippen MR) is 72.0 cm³/mol. The van der Waals surface area contributed by atoms with Crippen LogP contribution in [0.15, 0.2) is 36.9 Å². The average Bonchev–Trinajstić information content (AvgIpc) is 2.29. The molecular formula is C14H20ClN. The highest BCUT2D eigenvalue weighted by Crippen LogP contribution is 2.37. The van der Waals surface area contributed by atoms with E-state index in [1.165, 1.54) is 24.0 Å². The van der Waals surface area contributed by atoms with Gasteiger partial charge in [0.25, 0.3) is 0 Å². The molecule has 1 aliphatic carbocycles. The van der Waals surface area contributed by atoms with E-state index in [-0.39, 0.29) is 17.8 Å². The quantitative estimate of drug-likeness (QED) is 0.804. The Bertz CT molecular complexity index is 362. The summed E-state index contributed by atoms with van der Waals surface area (Å²) in [4.78, 5) is 0. The first kappa shape index (κ1) is 13.3. The van der Waals surface area contributed by atoms with Gasteiger partial charge in [-0.2, -0.15) is 0 Å². The fourth-order valence-electron chi connectivity index (χ4n) is 2.60. The average molecular weight is 238 g/mol. The van der Waals surface area contributed by atoms with E-state index >= 15 is 0 Å². The van der Waals surface area contributed by atoms with E-state index in [4.69, 9.17) is 5.73 Å². The molecule has 88 valence electrons. The number of rotatable bonds is 3. The van der Waals surface area contributed by atoms with Gasteiger partial charge in [-0.1, -0.05) is 30.3 Å². The molecule has 0 fully saturated rings. The molecule has 1 nitrogen and oxygen atoms in total. The molecular weight excluding hydrogens is 218 g/mol. The van der Waals surface area contributed by atoms with E-state index < -0.39 is 0 Å². The number of hydrogen-bond donors (Lipinski definition) is 1. The molecule has 0 aliphatic heterocycles. The summed E-state index contributed by atoms with van der Waals surface area (Å²) in [6.07, 6.45) is 6.54. The van der Waals surface area contributed by atoms with Crippen LogP contribution in [-0.4, -0.2) is 6.54 Å². The van der Waals surface area contributed by atoms with Crippen molar-refractivity contribution in [2.24, 2.45) is 11.1 Å². The summed E-state index contributed by atoms with van der Waals surface area (Å²) in [5, 5.41) is 0. The maximum absolute atomic E-state index is 5.93. The Kier molecular flexibility index (Phi) is 4.57. The topological polar surface area (TPSA) is 26.0 Å². The van der Waals surface area contributed by atoms with E-state index in [9.17, 15) is 0 Å². The van der Waals surface area contributed by atoms with Crippen molar-refractivity contribution < 1.29 is 0 Å². The highest BCUT2D eigenvalue weighted by Gasteiger charge is 2.31. The van der Waals surface area contributed by atoms with E-state index in [1.807, 2.05) is 6.08 Å². The molecule has 2 rings (SSSR count). The number of allylic oxidation sites excluding steroid dienone is 1. The first-order valence-corrected chi connectivity index (χ1v) is 5.67. The van der Waals surface area contributed by atoms with Gasteiger partial charge in [0.05, 0.1) is 0 Å². The number of aryl methyl sites for hydroxylation is 1. The maximum atomic E-state index is 5.93. The fourth-order valence-corrected chi connectivity index (χ4v) is 2.60. The fraction of sp³-hybridized carbons (Fsp3) is 0.429. The van der Waals surface area contributed by atoms with E-state index in [2.05, 4.69) is 30.8 Å². The van der Waals surface area contributed by atoms with Crippen LogP contribution >= 0.6 is 12.4 Å². The second-order valence-electron chi connectivity index (χ2n) is 4.64. The van der Waals surface area contributed by atoms with E-state index in [0.29, 0.717) is 0 Å². The Hall–Kier alpha value is -0.790. The van der Waals surface area contributed by atoms with Crippen LogP contribution in [0.25, 0.3) is 0 Å². The van der Waals surface area contributed by atoms with Crippen molar-refractivity contribution in [2.45, 2.75) is 25.7 Å². The van der Waals surface area contributed by atoms with Crippen LogP contribution in [0, 0.1) is 5.41 Å².